The van der Waals surface area contributed by atoms with Crippen LogP contribution in [0.2, 0.25) is 0 Å². The fraction of sp³-hybridized carbons (Fsp3) is 0.500. The van der Waals surface area contributed by atoms with E-state index in [2.05, 4.69) is 14.9 Å². The number of carbonyl (C=O) groups is 1. The number of amides is 1. The van der Waals surface area contributed by atoms with Crippen molar-refractivity contribution in [2.24, 2.45) is 5.92 Å². The van der Waals surface area contributed by atoms with Gasteiger partial charge in [-0.05, 0) is 45.8 Å². The fourth-order valence-electron chi connectivity index (χ4n) is 3.24. The summed E-state index contributed by atoms with van der Waals surface area (Å²) in [5.41, 5.74) is 2.84. The van der Waals surface area contributed by atoms with Crippen molar-refractivity contribution < 1.29 is 4.79 Å². The van der Waals surface area contributed by atoms with Crippen molar-refractivity contribution in [1.29, 1.82) is 0 Å². The Morgan fingerprint density at radius 3 is 2.79 bits per heavy atom. The van der Waals surface area contributed by atoms with E-state index in [-0.39, 0.29) is 30.7 Å². The Kier molecular flexibility index (Phi) is 7.73. The third-order valence-corrected chi connectivity index (χ3v) is 5.09. The number of nitrogens with one attached hydrogen (secondary N) is 1. The van der Waals surface area contributed by atoms with Crippen molar-refractivity contribution in [1.82, 2.24) is 19.8 Å². The van der Waals surface area contributed by atoms with Crippen molar-refractivity contribution in [3.05, 3.63) is 34.6 Å². The van der Waals surface area contributed by atoms with Gasteiger partial charge in [0.25, 0.3) is 5.91 Å². The molecule has 0 aliphatic carbocycles. The first kappa shape index (κ1) is 21.0. The Morgan fingerprint density at radius 2 is 2.17 bits per heavy atom. The molecule has 1 unspecified atom stereocenters. The highest BCUT2D eigenvalue weighted by Crippen LogP contribution is 2.25. The number of aryl methyl sites for hydroxylation is 1. The van der Waals surface area contributed by atoms with Crippen LogP contribution >= 0.6 is 36.2 Å². The summed E-state index contributed by atoms with van der Waals surface area (Å²) in [6.07, 6.45) is 2.88. The van der Waals surface area contributed by atoms with E-state index < -0.39 is 0 Å². The molecule has 2 aromatic heterocycles. The normalized spacial score (nSPS) is 16.6. The topological polar surface area (TPSA) is 50.2 Å². The molecule has 24 heavy (non-hydrogen) atoms. The minimum absolute atomic E-state index is 0. The molecule has 0 aromatic carbocycles. The van der Waals surface area contributed by atoms with Gasteiger partial charge in [-0.3, -0.25) is 9.36 Å². The Labute approximate surface area is 159 Å². The van der Waals surface area contributed by atoms with Crippen LogP contribution in [-0.4, -0.2) is 47.0 Å². The quantitative estimate of drug-likeness (QED) is 0.872. The largest absolute Gasteiger partial charge is 0.338 e. The zero-order valence-corrected chi connectivity index (χ0v) is 16.6. The molecule has 3 heterocycles. The smallest absolute Gasteiger partial charge is 0.255 e. The highest BCUT2D eigenvalue weighted by molar-refractivity contribution is 7.12. The van der Waals surface area contributed by atoms with Crippen molar-refractivity contribution in [2.45, 2.75) is 20.3 Å². The van der Waals surface area contributed by atoms with Gasteiger partial charge in [0, 0.05) is 36.1 Å². The third-order valence-electron chi connectivity index (χ3n) is 4.34. The molecule has 1 fully saturated rings. The lowest BCUT2D eigenvalue weighted by molar-refractivity contribution is 0.0786. The van der Waals surface area contributed by atoms with Gasteiger partial charge in [-0.2, -0.15) is 0 Å². The van der Waals surface area contributed by atoms with Crippen molar-refractivity contribution >= 4 is 42.1 Å². The molecule has 134 valence electrons. The first-order valence-electron chi connectivity index (χ1n) is 7.64. The second kappa shape index (κ2) is 8.85. The summed E-state index contributed by atoms with van der Waals surface area (Å²) in [5.74, 6) is 0.714. The standard InChI is InChI=1S/C16H22N4OS.2ClH/c1-11-8-14(12(2)20(11)16-18-5-7-22-16)15(21)19-6-4-13(10-19)9-17-3;;/h5,7-8,13,17H,4,6,9-10H2,1-3H3;2*1H. The molecular weight excluding hydrogens is 367 g/mol. The van der Waals surface area contributed by atoms with E-state index in [1.165, 1.54) is 0 Å². The Balaban J connectivity index is 0.00000144. The minimum Gasteiger partial charge on any atom is -0.338 e. The van der Waals surface area contributed by atoms with Crippen LogP contribution in [0.1, 0.15) is 28.2 Å². The highest BCUT2D eigenvalue weighted by atomic mass is 35.5. The van der Waals surface area contributed by atoms with Crippen LogP contribution in [0.4, 0.5) is 0 Å². The highest BCUT2D eigenvalue weighted by Gasteiger charge is 2.28. The summed E-state index contributed by atoms with van der Waals surface area (Å²) in [7, 11) is 1.96. The lowest BCUT2D eigenvalue weighted by Crippen LogP contribution is -2.30. The van der Waals surface area contributed by atoms with Gasteiger partial charge in [-0.15, -0.1) is 36.2 Å². The fourth-order valence-corrected chi connectivity index (χ4v) is 3.99. The average Bonchev–Trinajstić information content (AvgIpc) is 3.20. The minimum atomic E-state index is 0. The predicted molar refractivity (Wildman–Crippen MR) is 103 cm³/mol. The SMILES string of the molecule is CNCC1CCN(C(=O)c2cc(C)n(-c3nccs3)c2C)C1.Cl.Cl. The van der Waals surface area contributed by atoms with Crippen LogP contribution in [0.3, 0.4) is 0 Å². The van der Waals surface area contributed by atoms with Crippen molar-refractivity contribution in [2.75, 3.05) is 26.7 Å². The third kappa shape index (κ3) is 3.94. The maximum Gasteiger partial charge on any atom is 0.255 e. The summed E-state index contributed by atoms with van der Waals surface area (Å²) < 4.78 is 2.07. The molecule has 1 N–H and O–H groups in total. The molecule has 0 radical (unpaired) electrons. The Bertz CT molecular complexity index is 672. The van der Waals surface area contributed by atoms with Crippen LogP contribution in [0, 0.1) is 19.8 Å². The summed E-state index contributed by atoms with van der Waals surface area (Å²) >= 11 is 1.59. The van der Waals surface area contributed by atoms with E-state index in [1.807, 2.05) is 37.2 Å². The van der Waals surface area contributed by atoms with Crippen molar-refractivity contribution in [3.8, 4) is 5.13 Å². The van der Waals surface area contributed by atoms with Gasteiger partial charge in [-0.25, -0.2) is 4.98 Å². The maximum atomic E-state index is 12.8. The van der Waals surface area contributed by atoms with Gasteiger partial charge < -0.3 is 10.2 Å². The molecule has 0 bridgehead atoms. The van der Waals surface area contributed by atoms with Crippen molar-refractivity contribution in [3.63, 3.8) is 0 Å². The first-order chi connectivity index (χ1) is 10.6. The number of thiazole rings is 1. The van der Waals surface area contributed by atoms with Crippen LogP contribution in [0.15, 0.2) is 17.6 Å². The molecule has 1 aliphatic rings. The molecule has 5 nitrogen and oxygen atoms in total. The zero-order chi connectivity index (χ0) is 15.7. The molecule has 0 spiro atoms. The van der Waals surface area contributed by atoms with Gasteiger partial charge in [0.05, 0.1) is 5.56 Å². The van der Waals surface area contributed by atoms with E-state index in [1.54, 1.807) is 17.5 Å². The molecule has 2 aromatic rings. The van der Waals surface area contributed by atoms with Crippen LogP contribution in [0.25, 0.3) is 5.13 Å². The Morgan fingerprint density at radius 1 is 1.42 bits per heavy atom. The maximum absolute atomic E-state index is 12.8. The van der Waals surface area contributed by atoms with Crippen LogP contribution < -0.4 is 5.32 Å². The molecule has 3 rings (SSSR count). The molecule has 0 saturated carbocycles. The second-order valence-corrected chi connectivity index (χ2v) is 6.77. The van der Waals surface area contributed by atoms with Gasteiger partial charge in [0.15, 0.2) is 5.13 Å². The lowest BCUT2D eigenvalue weighted by Gasteiger charge is -2.16. The van der Waals surface area contributed by atoms with E-state index in [0.717, 1.165) is 48.1 Å². The molecule has 1 aliphatic heterocycles. The van der Waals surface area contributed by atoms with E-state index in [9.17, 15) is 4.79 Å². The molecular formula is C16H24Cl2N4OS. The number of hydrogen-bond donors (Lipinski definition) is 1. The number of hydrogen-bond acceptors (Lipinski definition) is 4. The van der Waals surface area contributed by atoms with Gasteiger partial charge >= 0.3 is 0 Å². The monoisotopic (exact) mass is 390 g/mol. The van der Waals surface area contributed by atoms with Crippen LogP contribution in [-0.2, 0) is 0 Å². The average molecular weight is 391 g/mol. The van der Waals surface area contributed by atoms with E-state index in [0.29, 0.717) is 5.92 Å². The number of rotatable bonds is 4. The summed E-state index contributed by atoms with van der Waals surface area (Å²) in [6.45, 7) is 6.70. The Hall–Kier alpha value is -1.08. The number of likely N-dealkylation sites (tertiary alicyclic amines) is 1. The van der Waals surface area contributed by atoms with Crippen LogP contribution in [0.5, 0.6) is 0 Å². The summed E-state index contributed by atoms with van der Waals surface area (Å²) in [5, 5.41) is 6.08. The number of carbonyl (C=O) groups excluding carboxylic acids is 1. The number of aromatic nitrogens is 2. The van der Waals surface area contributed by atoms with Gasteiger partial charge in [0.2, 0.25) is 0 Å². The van der Waals surface area contributed by atoms with E-state index in [4.69, 9.17) is 0 Å². The number of halogens is 2. The molecule has 1 amide bonds. The first-order valence-corrected chi connectivity index (χ1v) is 8.52. The molecule has 8 heteroatoms. The van der Waals surface area contributed by atoms with E-state index >= 15 is 0 Å². The van der Waals surface area contributed by atoms with Gasteiger partial charge in [0.1, 0.15) is 0 Å². The zero-order valence-electron chi connectivity index (χ0n) is 14.1. The summed E-state index contributed by atoms with van der Waals surface area (Å²) in [6, 6.07) is 1.99. The number of nitrogens with zero attached hydrogens (tertiary/aromatic N) is 3. The predicted octanol–water partition coefficient (Wildman–Crippen LogP) is 3.08. The second-order valence-electron chi connectivity index (χ2n) is 5.90. The molecule has 1 atom stereocenters. The molecule has 1 saturated heterocycles. The lowest BCUT2D eigenvalue weighted by atomic mass is 10.1. The van der Waals surface area contributed by atoms with Gasteiger partial charge in [-0.1, -0.05) is 0 Å². The summed E-state index contributed by atoms with van der Waals surface area (Å²) in [4.78, 5) is 19.2.